The highest BCUT2D eigenvalue weighted by Crippen LogP contribution is 2.28. The van der Waals surface area contributed by atoms with Crippen molar-refractivity contribution in [2.45, 2.75) is 13.0 Å². The summed E-state index contributed by atoms with van der Waals surface area (Å²) in [7, 11) is 3.49. The van der Waals surface area contributed by atoms with Gasteiger partial charge in [0.25, 0.3) is 0 Å². The summed E-state index contributed by atoms with van der Waals surface area (Å²) in [5.41, 5.74) is 2.22. The Labute approximate surface area is 178 Å². The average Bonchev–Trinajstić information content (AvgIpc) is 2.81. The Morgan fingerprint density at radius 2 is 1.70 bits per heavy atom. The van der Waals surface area contributed by atoms with Crippen LogP contribution >= 0.6 is 0 Å². The summed E-state index contributed by atoms with van der Waals surface area (Å²) in [5, 5.41) is 6.27. The molecule has 0 bridgehead atoms. The average molecular weight is 410 g/mol. The number of amides is 1. The van der Waals surface area contributed by atoms with Crippen molar-refractivity contribution in [1.82, 2.24) is 15.5 Å². The molecule has 7 heteroatoms. The highest BCUT2D eigenvalue weighted by Gasteiger charge is 2.21. The van der Waals surface area contributed by atoms with E-state index >= 15 is 0 Å². The molecule has 0 aliphatic carbocycles. The maximum Gasteiger partial charge on any atom is 0.222 e. The smallest absolute Gasteiger partial charge is 0.222 e. The van der Waals surface area contributed by atoms with E-state index in [0.717, 1.165) is 49.1 Å². The second-order valence-corrected chi connectivity index (χ2v) is 7.13. The molecule has 2 aromatic rings. The van der Waals surface area contributed by atoms with Crippen LogP contribution in [0.3, 0.4) is 0 Å². The number of rotatable bonds is 7. The van der Waals surface area contributed by atoms with Crippen LogP contribution in [0.15, 0.2) is 59.6 Å². The summed E-state index contributed by atoms with van der Waals surface area (Å²) < 4.78 is 5.49. The lowest BCUT2D eigenvalue weighted by molar-refractivity contribution is -0.121. The fourth-order valence-corrected chi connectivity index (χ4v) is 3.56. The number of carbonyl (C=O) groups is 1. The van der Waals surface area contributed by atoms with Gasteiger partial charge in [0.05, 0.1) is 12.8 Å². The minimum absolute atomic E-state index is 0.0304. The van der Waals surface area contributed by atoms with Crippen LogP contribution in [-0.4, -0.2) is 63.6 Å². The summed E-state index contributed by atoms with van der Waals surface area (Å²) in [5.74, 6) is 1.77. The molecule has 1 fully saturated rings. The van der Waals surface area contributed by atoms with Gasteiger partial charge in [0.1, 0.15) is 5.75 Å². The number of benzene rings is 2. The molecule has 0 spiro atoms. The molecule has 3 rings (SSSR count). The number of para-hydroxylation sites is 2. The zero-order valence-electron chi connectivity index (χ0n) is 17.8. The first kappa shape index (κ1) is 21.5. The molecule has 2 N–H and O–H groups in total. The number of anilines is 1. The van der Waals surface area contributed by atoms with E-state index in [1.54, 1.807) is 14.2 Å². The largest absolute Gasteiger partial charge is 0.495 e. The van der Waals surface area contributed by atoms with Crippen LogP contribution < -0.4 is 20.3 Å². The topological polar surface area (TPSA) is 69.2 Å². The van der Waals surface area contributed by atoms with Gasteiger partial charge in [0.15, 0.2) is 5.96 Å². The van der Waals surface area contributed by atoms with Crippen LogP contribution in [0.4, 0.5) is 5.69 Å². The summed E-state index contributed by atoms with van der Waals surface area (Å²) in [4.78, 5) is 21.1. The highest BCUT2D eigenvalue weighted by molar-refractivity contribution is 5.81. The minimum Gasteiger partial charge on any atom is -0.495 e. The van der Waals surface area contributed by atoms with Gasteiger partial charge in [-0.15, -0.1) is 0 Å². The number of aliphatic imine (C=N–C) groups is 1. The Morgan fingerprint density at radius 1 is 1.00 bits per heavy atom. The van der Waals surface area contributed by atoms with Crippen LogP contribution in [0.5, 0.6) is 5.75 Å². The first-order valence-corrected chi connectivity index (χ1v) is 10.4. The zero-order valence-corrected chi connectivity index (χ0v) is 17.8. The molecule has 1 aliphatic rings. The normalized spacial score (nSPS) is 14.4. The molecule has 0 unspecified atom stereocenters. The maximum atomic E-state index is 12.1. The molecule has 0 saturated carbocycles. The Bertz CT molecular complexity index is 832. The van der Waals surface area contributed by atoms with E-state index in [9.17, 15) is 4.79 Å². The van der Waals surface area contributed by atoms with E-state index in [1.165, 1.54) is 0 Å². The predicted molar refractivity (Wildman–Crippen MR) is 121 cm³/mol. The number of hydrogen-bond donors (Lipinski definition) is 2. The van der Waals surface area contributed by atoms with E-state index in [1.807, 2.05) is 48.5 Å². The third-order valence-electron chi connectivity index (χ3n) is 5.18. The zero-order chi connectivity index (χ0) is 21.2. The molecule has 1 aliphatic heterocycles. The Hall–Kier alpha value is -3.22. The molecule has 1 amide bonds. The van der Waals surface area contributed by atoms with Crippen LogP contribution in [-0.2, 0) is 11.3 Å². The lowest BCUT2D eigenvalue weighted by atomic mass is 10.2. The van der Waals surface area contributed by atoms with Crippen molar-refractivity contribution < 1.29 is 9.53 Å². The van der Waals surface area contributed by atoms with Crippen molar-refractivity contribution in [1.29, 1.82) is 0 Å². The minimum atomic E-state index is 0.0304. The van der Waals surface area contributed by atoms with Gasteiger partial charge >= 0.3 is 0 Å². The van der Waals surface area contributed by atoms with E-state index in [0.29, 0.717) is 19.5 Å². The van der Waals surface area contributed by atoms with Crippen molar-refractivity contribution in [3.05, 3.63) is 60.2 Å². The van der Waals surface area contributed by atoms with Gasteiger partial charge in [-0.25, -0.2) is 0 Å². The first-order chi connectivity index (χ1) is 14.7. The summed E-state index contributed by atoms with van der Waals surface area (Å²) in [6.07, 6.45) is 0.410. The molecule has 1 heterocycles. The van der Waals surface area contributed by atoms with Gasteiger partial charge in [-0.1, -0.05) is 42.5 Å². The summed E-state index contributed by atoms with van der Waals surface area (Å²) >= 11 is 0. The van der Waals surface area contributed by atoms with Crippen LogP contribution in [0.2, 0.25) is 0 Å². The predicted octanol–water partition coefficient (Wildman–Crippen LogP) is 2.10. The van der Waals surface area contributed by atoms with E-state index in [4.69, 9.17) is 4.74 Å². The number of piperazine rings is 1. The molecular formula is C23H31N5O2. The second kappa shape index (κ2) is 11.1. The molecule has 30 heavy (non-hydrogen) atoms. The third kappa shape index (κ3) is 5.89. The molecule has 7 nitrogen and oxygen atoms in total. The molecule has 2 aromatic carbocycles. The Balaban J connectivity index is 1.41. The third-order valence-corrected chi connectivity index (χ3v) is 5.18. The number of nitrogens with one attached hydrogen (secondary N) is 2. The summed E-state index contributed by atoms with van der Waals surface area (Å²) in [6, 6.07) is 18.0. The number of methoxy groups -OCH3 is 1. The van der Waals surface area contributed by atoms with Crippen LogP contribution in [0, 0.1) is 0 Å². The Morgan fingerprint density at radius 3 is 2.40 bits per heavy atom. The van der Waals surface area contributed by atoms with E-state index in [2.05, 4.69) is 31.5 Å². The van der Waals surface area contributed by atoms with Gasteiger partial charge in [0, 0.05) is 52.7 Å². The number of guanidine groups is 1. The van der Waals surface area contributed by atoms with Crippen molar-refractivity contribution in [3.63, 3.8) is 0 Å². The van der Waals surface area contributed by atoms with Crippen LogP contribution in [0.1, 0.15) is 12.0 Å². The summed E-state index contributed by atoms with van der Waals surface area (Å²) in [6.45, 7) is 4.60. The lowest BCUT2D eigenvalue weighted by Crippen LogP contribution is -2.53. The molecule has 0 aromatic heterocycles. The van der Waals surface area contributed by atoms with Gasteiger partial charge in [-0.05, 0) is 17.7 Å². The fraction of sp³-hybridized carbons (Fsp3) is 0.391. The lowest BCUT2D eigenvalue weighted by Gasteiger charge is -2.38. The molecule has 0 radical (unpaired) electrons. The number of nitrogens with zero attached hydrogens (tertiary/aromatic N) is 3. The van der Waals surface area contributed by atoms with Crippen molar-refractivity contribution in [3.8, 4) is 5.75 Å². The fourth-order valence-electron chi connectivity index (χ4n) is 3.56. The standard InChI is InChI=1S/C23H31N5O2/c1-24-23(25-13-12-22(29)26-18-19-8-4-3-5-9-19)28-16-14-27(15-17-28)20-10-6-7-11-21(20)30-2/h3-11H,12-18H2,1-2H3,(H,24,25)(H,26,29). The number of ether oxygens (including phenoxy) is 1. The van der Waals surface area contributed by atoms with Gasteiger partial charge in [-0.2, -0.15) is 0 Å². The van der Waals surface area contributed by atoms with Crippen molar-refractivity contribution in [2.24, 2.45) is 4.99 Å². The van der Waals surface area contributed by atoms with E-state index < -0.39 is 0 Å². The highest BCUT2D eigenvalue weighted by atomic mass is 16.5. The van der Waals surface area contributed by atoms with Crippen molar-refractivity contribution >= 4 is 17.6 Å². The number of hydrogen-bond acceptors (Lipinski definition) is 4. The number of carbonyl (C=O) groups excluding carboxylic acids is 1. The van der Waals surface area contributed by atoms with Gasteiger partial charge in [-0.3, -0.25) is 9.79 Å². The van der Waals surface area contributed by atoms with E-state index in [-0.39, 0.29) is 5.91 Å². The van der Waals surface area contributed by atoms with Gasteiger partial charge < -0.3 is 25.2 Å². The molecule has 0 atom stereocenters. The monoisotopic (exact) mass is 409 g/mol. The first-order valence-electron chi connectivity index (χ1n) is 10.4. The SMILES string of the molecule is CN=C(NCCC(=O)NCc1ccccc1)N1CCN(c2ccccc2OC)CC1. The quantitative estimate of drug-likeness (QED) is 0.541. The van der Waals surface area contributed by atoms with Gasteiger partial charge in [0.2, 0.25) is 5.91 Å². The molecular weight excluding hydrogens is 378 g/mol. The molecule has 1 saturated heterocycles. The van der Waals surface area contributed by atoms with Crippen LogP contribution in [0.25, 0.3) is 0 Å². The van der Waals surface area contributed by atoms with Crippen molar-refractivity contribution in [2.75, 3.05) is 51.8 Å². The molecule has 160 valence electrons. The Kier molecular flexibility index (Phi) is 7.94. The second-order valence-electron chi connectivity index (χ2n) is 7.13. The maximum absolute atomic E-state index is 12.1.